The molecule has 0 aliphatic rings. The van der Waals surface area contributed by atoms with Crippen molar-refractivity contribution in [3.05, 3.63) is 35.9 Å². The molecular formula is C13H16O4. The Morgan fingerprint density at radius 3 is 2.47 bits per heavy atom. The Bertz CT molecular complexity index is 363. The van der Waals surface area contributed by atoms with Gasteiger partial charge in [-0.25, -0.2) is 0 Å². The first-order valence-electron chi connectivity index (χ1n) is 5.37. The first-order chi connectivity index (χ1) is 8.09. The van der Waals surface area contributed by atoms with Gasteiger partial charge < -0.3 is 14.3 Å². The molecule has 0 fully saturated rings. The smallest absolute Gasteiger partial charge is 0.223 e. The molecule has 0 aliphatic heterocycles. The zero-order valence-electron chi connectivity index (χ0n) is 9.96. The van der Waals surface area contributed by atoms with Crippen molar-refractivity contribution in [3.63, 3.8) is 0 Å². The van der Waals surface area contributed by atoms with Crippen LogP contribution in [-0.4, -0.2) is 24.5 Å². The summed E-state index contributed by atoms with van der Waals surface area (Å²) >= 11 is 0. The molecule has 0 radical (unpaired) electrons. The maximum absolute atomic E-state index is 10.9. The average Bonchev–Trinajstić information content (AvgIpc) is 2.37. The van der Waals surface area contributed by atoms with Gasteiger partial charge in [0.2, 0.25) is 5.79 Å². The maximum Gasteiger partial charge on any atom is 0.223 e. The minimum atomic E-state index is -1.39. The predicted molar refractivity (Wildman–Crippen MR) is 62.3 cm³/mol. The fourth-order valence-corrected chi connectivity index (χ4v) is 1.29. The van der Waals surface area contributed by atoms with Crippen molar-refractivity contribution in [2.75, 3.05) is 0 Å². The van der Waals surface area contributed by atoms with Crippen LogP contribution in [0.2, 0.25) is 0 Å². The molecule has 0 heterocycles. The average molecular weight is 236 g/mol. The molecule has 0 N–H and O–H groups in total. The van der Waals surface area contributed by atoms with Crippen LogP contribution in [0.3, 0.4) is 0 Å². The van der Waals surface area contributed by atoms with Crippen LogP contribution in [0, 0.1) is 0 Å². The van der Waals surface area contributed by atoms with Crippen molar-refractivity contribution >= 4 is 12.6 Å². The van der Waals surface area contributed by atoms with E-state index in [-0.39, 0.29) is 6.61 Å². The van der Waals surface area contributed by atoms with E-state index in [4.69, 9.17) is 9.47 Å². The third-order valence-electron chi connectivity index (χ3n) is 2.19. The van der Waals surface area contributed by atoms with Crippen molar-refractivity contribution in [1.29, 1.82) is 0 Å². The Hall–Kier alpha value is -1.52. The highest BCUT2D eigenvalue weighted by Gasteiger charge is 2.27. The highest BCUT2D eigenvalue weighted by atomic mass is 16.7. The van der Waals surface area contributed by atoms with Gasteiger partial charge in [0, 0.05) is 0 Å². The summed E-state index contributed by atoms with van der Waals surface area (Å²) in [7, 11) is 0. The molecule has 92 valence electrons. The van der Waals surface area contributed by atoms with Crippen LogP contribution < -0.4 is 0 Å². The number of rotatable bonds is 7. The summed E-state index contributed by atoms with van der Waals surface area (Å²) in [4.78, 5) is 21.4. The fourth-order valence-electron chi connectivity index (χ4n) is 1.29. The summed E-state index contributed by atoms with van der Waals surface area (Å²) in [5.41, 5.74) is 0.933. The van der Waals surface area contributed by atoms with Crippen LogP contribution in [0.5, 0.6) is 0 Å². The molecule has 0 amide bonds. The van der Waals surface area contributed by atoms with Gasteiger partial charge in [-0.2, -0.15) is 0 Å². The summed E-state index contributed by atoms with van der Waals surface area (Å²) in [6.07, 6.45) is 0.491. The van der Waals surface area contributed by atoms with Crippen LogP contribution in [0.15, 0.2) is 30.3 Å². The summed E-state index contributed by atoms with van der Waals surface area (Å²) in [6.45, 7) is 3.30. The van der Waals surface area contributed by atoms with E-state index in [2.05, 4.69) is 0 Å². The molecule has 0 bridgehead atoms. The largest absolute Gasteiger partial charge is 0.339 e. The standard InChI is InChI=1S/C13H16O4/c1-11(8-14)17-13(2,10-15)16-9-12-6-4-3-5-7-12/h3-8,10-11H,9H2,1-2H3/t11?,13-/m0/s1. The second kappa shape index (κ2) is 6.27. The van der Waals surface area contributed by atoms with Gasteiger partial charge in [-0.15, -0.1) is 0 Å². The van der Waals surface area contributed by atoms with Crippen LogP contribution in [0.4, 0.5) is 0 Å². The van der Waals surface area contributed by atoms with Crippen molar-refractivity contribution in [3.8, 4) is 0 Å². The lowest BCUT2D eigenvalue weighted by atomic mass is 10.2. The summed E-state index contributed by atoms with van der Waals surface area (Å²) in [5, 5.41) is 0. The zero-order chi connectivity index (χ0) is 12.7. The molecule has 2 atom stereocenters. The van der Waals surface area contributed by atoms with Gasteiger partial charge >= 0.3 is 0 Å². The van der Waals surface area contributed by atoms with Crippen molar-refractivity contribution < 1.29 is 19.1 Å². The lowest BCUT2D eigenvalue weighted by molar-refractivity contribution is -0.227. The van der Waals surface area contributed by atoms with Gasteiger partial charge in [0.25, 0.3) is 0 Å². The van der Waals surface area contributed by atoms with E-state index >= 15 is 0 Å². The Balaban J connectivity index is 2.57. The Morgan fingerprint density at radius 1 is 1.29 bits per heavy atom. The van der Waals surface area contributed by atoms with E-state index in [1.807, 2.05) is 30.3 Å². The molecule has 1 aromatic carbocycles. The van der Waals surface area contributed by atoms with Crippen molar-refractivity contribution in [1.82, 2.24) is 0 Å². The quantitative estimate of drug-likeness (QED) is 0.534. The van der Waals surface area contributed by atoms with E-state index in [0.29, 0.717) is 12.6 Å². The SMILES string of the molecule is CC(C=O)O[C@@](C)(C=O)OCc1ccccc1. The second-order valence-electron chi connectivity index (χ2n) is 3.87. The van der Waals surface area contributed by atoms with Gasteiger partial charge in [-0.05, 0) is 19.4 Å². The minimum Gasteiger partial charge on any atom is -0.339 e. The van der Waals surface area contributed by atoms with Crippen molar-refractivity contribution in [2.45, 2.75) is 32.3 Å². The molecule has 4 heteroatoms. The number of carbonyl (C=O) groups is 2. The summed E-state index contributed by atoms with van der Waals surface area (Å²) < 4.78 is 10.6. The third kappa shape index (κ3) is 4.46. The van der Waals surface area contributed by atoms with Gasteiger partial charge in [0.05, 0.1) is 6.61 Å². The first kappa shape index (κ1) is 13.5. The Morgan fingerprint density at radius 2 is 1.94 bits per heavy atom. The fraction of sp³-hybridized carbons (Fsp3) is 0.385. The van der Waals surface area contributed by atoms with E-state index in [0.717, 1.165) is 5.56 Å². The molecular weight excluding hydrogens is 220 g/mol. The van der Waals surface area contributed by atoms with Crippen molar-refractivity contribution in [2.24, 2.45) is 0 Å². The summed E-state index contributed by atoms with van der Waals surface area (Å²) in [6, 6.07) is 9.42. The molecule has 17 heavy (non-hydrogen) atoms. The highest BCUT2D eigenvalue weighted by Crippen LogP contribution is 2.14. The van der Waals surface area contributed by atoms with Crippen LogP contribution in [0.1, 0.15) is 19.4 Å². The van der Waals surface area contributed by atoms with E-state index in [1.165, 1.54) is 6.92 Å². The number of hydrogen-bond acceptors (Lipinski definition) is 4. The minimum absolute atomic E-state index is 0.252. The Labute approximate surface area is 101 Å². The molecule has 4 nitrogen and oxygen atoms in total. The lowest BCUT2D eigenvalue weighted by Gasteiger charge is -2.25. The lowest BCUT2D eigenvalue weighted by Crippen LogP contribution is -2.37. The molecule has 1 unspecified atom stereocenters. The van der Waals surface area contributed by atoms with Gasteiger partial charge in [-0.3, -0.25) is 4.79 Å². The number of benzene rings is 1. The number of ether oxygens (including phenoxy) is 2. The Kier molecular flexibility index (Phi) is 5.00. The zero-order valence-corrected chi connectivity index (χ0v) is 9.96. The van der Waals surface area contributed by atoms with E-state index < -0.39 is 11.9 Å². The highest BCUT2D eigenvalue weighted by molar-refractivity contribution is 5.61. The second-order valence-corrected chi connectivity index (χ2v) is 3.87. The maximum atomic E-state index is 10.9. The first-order valence-corrected chi connectivity index (χ1v) is 5.37. The van der Waals surface area contributed by atoms with E-state index in [1.54, 1.807) is 6.92 Å². The monoisotopic (exact) mass is 236 g/mol. The topological polar surface area (TPSA) is 52.6 Å². The van der Waals surface area contributed by atoms with Gasteiger partial charge in [-0.1, -0.05) is 30.3 Å². The molecule has 1 rings (SSSR count). The van der Waals surface area contributed by atoms with Gasteiger partial charge in [0.1, 0.15) is 12.4 Å². The molecule has 0 spiro atoms. The summed E-state index contributed by atoms with van der Waals surface area (Å²) in [5.74, 6) is -1.39. The normalized spacial score (nSPS) is 15.9. The number of aldehydes is 2. The van der Waals surface area contributed by atoms with Crippen LogP contribution in [0.25, 0.3) is 0 Å². The number of hydrogen-bond donors (Lipinski definition) is 0. The molecule has 1 aromatic rings. The molecule has 0 aliphatic carbocycles. The van der Waals surface area contributed by atoms with Crippen LogP contribution >= 0.6 is 0 Å². The molecule has 0 saturated carbocycles. The predicted octanol–water partition coefficient (Wildman–Crippen LogP) is 1.72. The molecule has 0 aromatic heterocycles. The number of carbonyl (C=O) groups excluding carboxylic acids is 2. The van der Waals surface area contributed by atoms with Gasteiger partial charge in [0.15, 0.2) is 6.29 Å². The van der Waals surface area contributed by atoms with Crippen LogP contribution in [-0.2, 0) is 25.7 Å². The third-order valence-corrected chi connectivity index (χ3v) is 2.19. The molecule has 0 saturated heterocycles. The van der Waals surface area contributed by atoms with E-state index in [9.17, 15) is 9.59 Å².